The van der Waals surface area contributed by atoms with Gasteiger partial charge < -0.3 is 14.6 Å². The first-order chi connectivity index (χ1) is 11.1. The Morgan fingerprint density at radius 1 is 1.09 bits per heavy atom. The van der Waals surface area contributed by atoms with Crippen LogP contribution in [0.5, 0.6) is 0 Å². The number of likely N-dealkylation sites (N-methyl/N-ethyl adjacent to an activating group) is 1. The van der Waals surface area contributed by atoms with Crippen LogP contribution in [-0.2, 0) is 0 Å². The second-order valence-electron chi connectivity index (χ2n) is 5.92. The Morgan fingerprint density at radius 3 is 2.57 bits per heavy atom. The maximum atomic E-state index is 12.4. The molecule has 0 unspecified atom stereocenters. The normalized spacial score (nSPS) is 12.5. The molecule has 1 heterocycles. The lowest BCUT2D eigenvalue weighted by molar-refractivity contribution is -0.891. The summed E-state index contributed by atoms with van der Waals surface area (Å²) in [6.07, 6.45) is 1.66. The third-order valence-corrected chi connectivity index (χ3v) is 4.06. The molecule has 1 aromatic heterocycles. The number of rotatable bonds is 5. The van der Waals surface area contributed by atoms with Crippen LogP contribution in [0.4, 0.5) is 0 Å². The van der Waals surface area contributed by atoms with Crippen molar-refractivity contribution in [1.29, 1.82) is 0 Å². The Bertz CT molecular complexity index is 794. The van der Waals surface area contributed by atoms with Crippen LogP contribution in [0.2, 0.25) is 0 Å². The minimum Gasteiger partial charge on any atom is -0.463 e. The van der Waals surface area contributed by atoms with Gasteiger partial charge in [0.05, 0.1) is 26.9 Å². The van der Waals surface area contributed by atoms with Gasteiger partial charge in [0.25, 0.3) is 5.91 Å². The SMILES string of the molecule is C[NH+](C)[C@@H](CNC(=O)c1ccc2ccccc2c1)c1ccco1. The van der Waals surface area contributed by atoms with Crippen LogP contribution in [0.1, 0.15) is 22.2 Å². The van der Waals surface area contributed by atoms with E-state index in [-0.39, 0.29) is 11.9 Å². The summed E-state index contributed by atoms with van der Waals surface area (Å²) >= 11 is 0. The van der Waals surface area contributed by atoms with E-state index in [1.54, 1.807) is 6.26 Å². The summed E-state index contributed by atoms with van der Waals surface area (Å²) < 4.78 is 5.48. The molecule has 23 heavy (non-hydrogen) atoms. The van der Waals surface area contributed by atoms with Crippen LogP contribution in [-0.4, -0.2) is 26.5 Å². The van der Waals surface area contributed by atoms with E-state index in [2.05, 4.69) is 19.4 Å². The fourth-order valence-corrected chi connectivity index (χ4v) is 2.71. The fraction of sp³-hybridized carbons (Fsp3) is 0.211. The number of carbonyl (C=O) groups is 1. The summed E-state index contributed by atoms with van der Waals surface area (Å²) in [7, 11) is 4.10. The average molecular weight is 309 g/mol. The number of hydrogen-bond acceptors (Lipinski definition) is 2. The van der Waals surface area contributed by atoms with Crippen LogP contribution in [0.15, 0.2) is 65.3 Å². The maximum absolute atomic E-state index is 12.4. The van der Waals surface area contributed by atoms with E-state index in [1.165, 1.54) is 4.90 Å². The van der Waals surface area contributed by atoms with Crippen molar-refractivity contribution in [2.45, 2.75) is 6.04 Å². The van der Waals surface area contributed by atoms with Gasteiger partial charge in [0.2, 0.25) is 0 Å². The molecule has 0 aliphatic heterocycles. The zero-order chi connectivity index (χ0) is 16.2. The van der Waals surface area contributed by atoms with Crippen molar-refractivity contribution in [3.05, 3.63) is 72.2 Å². The number of nitrogens with one attached hydrogen (secondary N) is 2. The maximum Gasteiger partial charge on any atom is 0.251 e. The summed E-state index contributed by atoms with van der Waals surface area (Å²) in [5.41, 5.74) is 0.677. The molecule has 4 heteroatoms. The Morgan fingerprint density at radius 2 is 1.87 bits per heavy atom. The van der Waals surface area contributed by atoms with E-state index >= 15 is 0 Å². The Kier molecular flexibility index (Phi) is 4.44. The topological polar surface area (TPSA) is 46.7 Å². The molecule has 3 rings (SSSR count). The van der Waals surface area contributed by atoms with Gasteiger partial charge in [0, 0.05) is 5.56 Å². The number of amides is 1. The second-order valence-corrected chi connectivity index (χ2v) is 5.92. The molecular weight excluding hydrogens is 288 g/mol. The highest BCUT2D eigenvalue weighted by atomic mass is 16.3. The van der Waals surface area contributed by atoms with Gasteiger partial charge >= 0.3 is 0 Å². The molecule has 118 valence electrons. The fourth-order valence-electron chi connectivity index (χ4n) is 2.71. The minimum atomic E-state index is -0.0615. The molecule has 0 aliphatic carbocycles. The molecule has 2 N–H and O–H groups in total. The predicted octanol–water partition coefficient (Wildman–Crippen LogP) is 2.05. The molecule has 0 fully saturated rings. The third kappa shape index (κ3) is 3.43. The lowest BCUT2D eigenvalue weighted by Crippen LogP contribution is -3.07. The first-order valence-corrected chi connectivity index (χ1v) is 7.75. The van der Waals surface area contributed by atoms with Gasteiger partial charge in [0.15, 0.2) is 11.8 Å². The van der Waals surface area contributed by atoms with Gasteiger partial charge in [-0.3, -0.25) is 4.79 Å². The van der Waals surface area contributed by atoms with E-state index < -0.39 is 0 Å². The van der Waals surface area contributed by atoms with E-state index in [4.69, 9.17) is 4.42 Å². The second kappa shape index (κ2) is 6.67. The molecule has 0 saturated heterocycles. The monoisotopic (exact) mass is 309 g/mol. The number of quaternary nitrogens is 1. The van der Waals surface area contributed by atoms with Crippen LogP contribution in [0.25, 0.3) is 10.8 Å². The van der Waals surface area contributed by atoms with Gasteiger partial charge in [-0.2, -0.15) is 0 Å². The first-order valence-electron chi connectivity index (χ1n) is 7.75. The number of carbonyl (C=O) groups excluding carboxylic acids is 1. The van der Waals surface area contributed by atoms with Crippen LogP contribution < -0.4 is 10.2 Å². The Hall–Kier alpha value is -2.59. The Labute approximate surface area is 135 Å². The Balaban J connectivity index is 1.72. The smallest absolute Gasteiger partial charge is 0.251 e. The summed E-state index contributed by atoms with van der Waals surface area (Å²) in [5.74, 6) is 0.817. The van der Waals surface area contributed by atoms with Crippen LogP contribution in [0, 0.1) is 0 Å². The average Bonchev–Trinajstić information content (AvgIpc) is 3.08. The zero-order valence-corrected chi connectivity index (χ0v) is 13.4. The van der Waals surface area contributed by atoms with E-state index in [1.807, 2.05) is 54.6 Å². The number of benzene rings is 2. The highest BCUT2D eigenvalue weighted by Gasteiger charge is 2.21. The van der Waals surface area contributed by atoms with Gasteiger partial charge in [-0.1, -0.05) is 30.3 Å². The van der Waals surface area contributed by atoms with E-state index in [0.29, 0.717) is 12.1 Å². The highest BCUT2D eigenvalue weighted by Crippen LogP contribution is 2.16. The third-order valence-electron chi connectivity index (χ3n) is 4.06. The molecule has 1 amide bonds. The molecule has 0 aliphatic rings. The van der Waals surface area contributed by atoms with E-state index in [9.17, 15) is 4.79 Å². The van der Waals surface area contributed by atoms with Gasteiger partial charge in [-0.15, -0.1) is 0 Å². The summed E-state index contributed by atoms with van der Waals surface area (Å²) in [6.45, 7) is 0.529. The van der Waals surface area contributed by atoms with Crippen molar-refractivity contribution < 1.29 is 14.1 Å². The van der Waals surface area contributed by atoms with Crippen molar-refractivity contribution in [3.63, 3.8) is 0 Å². The highest BCUT2D eigenvalue weighted by molar-refractivity contribution is 5.98. The first kappa shape index (κ1) is 15.3. The van der Waals surface area contributed by atoms with Crippen molar-refractivity contribution in [2.75, 3.05) is 20.6 Å². The molecule has 0 spiro atoms. The van der Waals surface area contributed by atoms with Gasteiger partial charge in [-0.25, -0.2) is 0 Å². The largest absolute Gasteiger partial charge is 0.463 e. The molecule has 0 bridgehead atoms. The van der Waals surface area contributed by atoms with Gasteiger partial charge in [-0.05, 0) is 35.0 Å². The minimum absolute atomic E-state index is 0.0615. The lowest BCUT2D eigenvalue weighted by Gasteiger charge is -2.19. The van der Waals surface area contributed by atoms with Crippen molar-refractivity contribution in [2.24, 2.45) is 0 Å². The standard InChI is InChI=1S/C19H20N2O2/c1-21(2)17(18-8-5-11-23-18)13-20-19(22)16-10-9-14-6-3-4-7-15(14)12-16/h3-12,17H,13H2,1-2H3,(H,20,22)/p+1/t17-/m0/s1. The van der Waals surface area contributed by atoms with Crippen LogP contribution >= 0.6 is 0 Å². The summed E-state index contributed by atoms with van der Waals surface area (Å²) in [5, 5.41) is 5.22. The quantitative estimate of drug-likeness (QED) is 0.758. The number of furan rings is 1. The molecule has 1 atom stereocenters. The van der Waals surface area contributed by atoms with E-state index in [0.717, 1.165) is 16.5 Å². The molecule has 3 aromatic rings. The molecule has 4 nitrogen and oxygen atoms in total. The zero-order valence-electron chi connectivity index (χ0n) is 13.4. The molecule has 2 aromatic carbocycles. The summed E-state index contributed by atoms with van der Waals surface area (Å²) in [4.78, 5) is 13.6. The van der Waals surface area contributed by atoms with Crippen molar-refractivity contribution in [1.82, 2.24) is 5.32 Å². The van der Waals surface area contributed by atoms with Crippen LogP contribution in [0.3, 0.4) is 0 Å². The molecule has 0 saturated carbocycles. The summed E-state index contributed by atoms with van der Waals surface area (Å²) in [6, 6.07) is 17.7. The van der Waals surface area contributed by atoms with Crippen molar-refractivity contribution in [3.8, 4) is 0 Å². The number of hydrogen-bond donors (Lipinski definition) is 2. The molecule has 0 radical (unpaired) electrons. The number of fused-ring (bicyclic) bond motifs is 1. The molecular formula is C19H21N2O2+. The van der Waals surface area contributed by atoms with Gasteiger partial charge in [0.1, 0.15) is 0 Å². The van der Waals surface area contributed by atoms with Crippen molar-refractivity contribution >= 4 is 16.7 Å². The predicted molar refractivity (Wildman–Crippen MR) is 90.5 cm³/mol. The lowest BCUT2D eigenvalue weighted by atomic mass is 10.1.